The van der Waals surface area contributed by atoms with Crippen LogP contribution in [-0.2, 0) is 4.79 Å². The van der Waals surface area contributed by atoms with Crippen molar-refractivity contribution in [2.45, 2.75) is 51.5 Å². The molecule has 0 aromatic heterocycles. The smallest absolute Gasteiger partial charge is 0.275 e. The Bertz CT molecular complexity index is 562. The molecule has 3 rings (SSSR count). The van der Waals surface area contributed by atoms with E-state index in [0.717, 1.165) is 44.8 Å². The number of anilines is 1. The van der Waals surface area contributed by atoms with Gasteiger partial charge in [-0.2, -0.15) is 0 Å². The summed E-state index contributed by atoms with van der Waals surface area (Å²) in [6, 6.07) is 8.67. The average Bonchev–Trinajstić information content (AvgIpc) is 2.92. The molecule has 2 fully saturated rings. The fourth-order valence-corrected chi connectivity index (χ4v) is 4.17. The lowest BCUT2D eigenvalue weighted by molar-refractivity contribution is -0.892. The third-order valence-corrected chi connectivity index (χ3v) is 5.61. The quantitative estimate of drug-likeness (QED) is 0.758. The number of carbonyl (C=O) groups is 1. The standard InChI is InChI=1S/C21H33N3O2/c1-2-26-20-12-8-7-11-19(20)24-15-13-23(14-16-24)17-21(25)22-18-9-5-3-4-6-10-18/h7-8,11-12,18H,2-6,9-10,13-17H2,1H3,(H,22,25)/p+1. The molecule has 1 saturated carbocycles. The van der Waals surface area contributed by atoms with Gasteiger partial charge in [0.1, 0.15) is 5.75 Å². The van der Waals surface area contributed by atoms with Crippen molar-refractivity contribution in [1.82, 2.24) is 5.32 Å². The van der Waals surface area contributed by atoms with Gasteiger partial charge in [0.15, 0.2) is 6.54 Å². The molecule has 0 radical (unpaired) electrons. The Balaban J connectivity index is 1.45. The highest BCUT2D eigenvalue weighted by Gasteiger charge is 2.25. The minimum atomic E-state index is 0.232. The Morgan fingerprint density at radius 3 is 2.54 bits per heavy atom. The summed E-state index contributed by atoms with van der Waals surface area (Å²) in [6.45, 7) is 7.25. The number of rotatable bonds is 6. The first-order valence-electron chi connectivity index (χ1n) is 10.4. The van der Waals surface area contributed by atoms with Gasteiger partial charge in [-0.3, -0.25) is 4.79 Å². The molecule has 2 aliphatic rings. The van der Waals surface area contributed by atoms with Crippen LogP contribution in [0.5, 0.6) is 5.75 Å². The first kappa shape index (κ1) is 19.0. The first-order valence-corrected chi connectivity index (χ1v) is 10.4. The van der Waals surface area contributed by atoms with Crippen molar-refractivity contribution in [3.63, 3.8) is 0 Å². The Labute approximate surface area is 157 Å². The number of nitrogens with one attached hydrogen (secondary N) is 2. The number of amides is 1. The number of hydrogen-bond acceptors (Lipinski definition) is 3. The molecule has 1 aliphatic carbocycles. The van der Waals surface area contributed by atoms with Crippen LogP contribution in [-0.4, -0.2) is 51.3 Å². The molecule has 1 heterocycles. The van der Waals surface area contributed by atoms with Crippen LogP contribution in [0.3, 0.4) is 0 Å². The van der Waals surface area contributed by atoms with E-state index in [0.29, 0.717) is 19.2 Å². The first-order chi connectivity index (χ1) is 12.8. The summed E-state index contributed by atoms with van der Waals surface area (Å²) in [5.74, 6) is 1.19. The summed E-state index contributed by atoms with van der Waals surface area (Å²) in [5.41, 5.74) is 1.18. The fourth-order valence-electron chi connectivity index (χ4n) is 4.17. The van der Waals surface area contributed by atoms with Gasteiger partial charge in [-0.25, -0.2) is 0 Å². The van der Waals surface area contributed by atoms with Crippen LogP contribution in [0.15, 0.2) is 24.3 Å². The van der Waals surface area contributed by atoms with E-state index < -0.39 is 0 Å². The zero-order valence-electron chi connectivity index (χ0n) is 16.1. The van der Waals surface area contributed by atoms with Crippen LogP contribution in [0.25, 0.3) is 0 Å². The third kappa shape index (κ3) is 5.37. The molecule has 2 N–H and O–H groups in total. The molecule has 26 heavy (non-hydrogen) atoms. The van der Waals surface area contributed by atoms with Crippen LogP contribution in [0.1, 0.15) is 45.4 Å². The number of hydrogen-bond donors (Lipinski definition) is 2. The monoisotopic (exact) mass is 360 g/mol. The highest BCUT2D eigenvalue weighted by molar-refractivity contribution is 5.77. The van der Waals surface area contributed by atoms with Crippen molar-refractivity contribution in [3.05, 3.63) is 24.3 Å². The van der Waals surface area contributed by atoms with Crippen molar-refractivity contribution in [1.29, 1.82) is 0 Å². The van der Waals surface area contributed by atoms with Gasteiger partial charge < -0.3 is 19.9 Å². The van der Waals surface area contributed by atoms with Crippen LogP contribution in [0.4, 0.5) is 5.69 Å². The molecule has 0 bridgehead atoms. The van der Waals surface area contributed by atoms with Gasteiger partial charge in [-0.15, -0.1) is 0 Å². The summed E-state index contributed by atoms with van der Waals surface area (Å²) < 4.78 is 5.76. The van der Waals surface area contributed by atoms with Crippen LogP contribution in [0.2, 0.25) is 0 Å². The molecule has 0 atom stereocenters. The van der Waals surface area contributed by atoms with E-state index in [1.807, 2.05) is 19.1 Å². The van der Waals surface area contributed by atoms with E-state index in [-0.39, 0.29) is 5.91 Å². The summed E-state index contributed by atoms with van der Waals surface area (Å²) in [5, 5.41) is 3.28. The molecule has 1 aromatic carbocycles. The normalized spacial score (nSPS) is 19.8. The average molecular weight is 361 g/mol. The molecule has 5 heteroatoms. The minimum absolute atomic E-state index is 0.232. The van der Waals surface area contributed by atoms with Crippen molar-refractivity contribution in [3.8, 4) is 5.75 Å². The number of ether oxygens (including phenoxy) is 1. The number of quaternary nitrogens is 1. The predicted octanol–water partition coefficient (Wildman–Crippen LogP) is 1.63. The molecule has 0 spiro atoms. The number of para-hydroxylation sites is 2. The minimum Gasteiger partial charge on any atom is -0.492 e. The van der Waals surface area contributed by atoms with Crippen molar-refractivity contribution >= 4 is 11.6 Å². The van der Waals surface area contributed by atoms with E-state index in [1.165, 1.54) is 36.3 Å². The summed E-state index contributed by atoms with van der Waals surface area (Å²) in [6.07, 6.45) is 7.48. The van der Waals surface area contributed by atoms with Gasteiger partial charge in [-0.1, -0.05) is 37.8 Å². The summed E-state index contributed by atoms with van der Waals surface area (Å²) in [4.78, 5) is 16.2. The van der Waals surface area contributed by atoms with Crippen LogP contribution < -0.4 is 19.9 Å². The van der Waals surface area contributed by atoms with Gasteiger partial charge >= 0.3 is 0 Å². The van der Waals surface area contributed by atoms with E-state index in [1.54, 1.807) is 0 Å². The van der Waals surface area contributed by atoms with Gasteiger partial charge in [0.2, 0.25) is 0 Å². The Hall–Kier alpha value is -1.75. The largest absolute Gasteiger partial charge is 0.492 e. The molecule has 1 amide bonds. The van der Waals surface area contributed by atoms with E-state index in [4.69, 9.17) is 4.74 Å². The molecular formula is C21H34N3O2+. The van der Waals surface area contributed by atoms with Gasteiger partial charge in [0.05, 0.1) is 38.5 Å². The Morgan fingerprint density at radius 1 is 1.15 bits per heavy atom. The molecule has 144 valence electrons. The molecule has 5 nitrogen and oxygen atoms in total. The number of piperazine rings is 1. The summed E-state index contributed by atoms with van der Waals surface area (Å²) in [7, 11) is 0. The molecule has 1 aromatic rings. The number of benzene rings is 1. The van der Waals surface area contributed by atoms with Crippen LogP contribution in [0, 0.1) is 0 Å². The maximum atomic E-state index is 12.4. The zero-order chi connectivity index (χ0) is 18.2. The Kier molecular flexibility index (Phi) is 7.18. The second-order valence-electron chi connectivity index (χ2n) is 7.57. The predicted molar refractivity (Wildman–Crippen MR) is 105 cm³/mol. The lowest BCUT2D eigenvalue weighted by Gasteiger charge is -2.34. The lowest BCUT2D eigenvalue weighted by Crippen LogP contribution is -3.16. The molecule has 1 saturated heterocycles. The maximum Gasteiger partial charge on any atom is 0.275 e. The maximum absolute atomic E-state index is 12.4. The SMILES string of the molecule is CCOc1ccccc1N1CC[NH+](CC(=O)NC2CCCCCC2)CC1. The highest BCUT2D eigenvalue weighted by atomic mass is 16.5. The number of carbonyl (C=O) groups excluding carboxylic acids is 1. The summed E-state index contributed by atoms with van der Waals surface area (Å²) >= 11 is 0. The van der Waals surface area contributed by atoms with Gasteiger partial charge in [0, 0.05) is 6.04 Å². The van der Waals surface area contributed by atoms with Crippen LogP contribution >= 0.6 is 0 Å². The van der Waals surface area contributed by atoms with E-state index in [9.17, 15) is 4.79 Å². The van der Waals surface area contributed by atoms with Crippen molar-refractivity contribution < 1.29 is 14.4 Å². The van der Waals surface area contributed by atoms with Gasteiger partial charge in [0.25, 0.3) is 5.91 Å². The second-order valence-corrected chi connectivity index (χ2v) is 7.57. The number of nitrogens with zero attached hydrogens (tertiary/aromatic N) is 1. The highest BCUT2D eigenvalue weighted by Crippen LogP contribution is 2.27. The van der Waals surface area contributed by atoms with E-state index in [2.05, 4.69) is 22.3 Å². The van der Waals surface area contributed by atoms with Gasteiger partial charge in [-0.05, 0) is 31.9 Å². The van der Waals surface area contributed by atoms with Crippen molar-refractivity contribution in [2.24, 2.45) is 0 Å². The van der Waals surface area contributed by atoms with Crippen molar-refractivity contribution in [2.75, 3.05) is 44.2 Å². The topological polar surface area (TPSA) is 46.0 Å². The lowest BCUT2D eigenvalue weighted by atomic mass is 10.1. The Morgan fingerprint density at radius 2 is 1.85 bits per heavy atom. The molecular weight excluding hydrogens is 326 g/mol. The molecule has 0 unspecified atom stereocenters. The second kappa shape index (κ2) is 9.81. The fraction of sp³-hybridized carbons (Fsp3) is 0.667. The third-order valence-electron chi connectivity index (χ3n) is 5.61. The molecule has 1 aliphatic heterocycles. The van der Waals surface area contributed by atoms with E-state index >= 15 is 0 Å². The zero-order valence-corrected chi connectivity index (χ0v) is 16.1.